The second kappa shape index (κ2) is 5.39. The first kappa shape index (κ1) is 12.8. The summed E-state index contributed by atoms with van der Waals surface area (Å²) >= 11 is 1.84. The molecule has 3 nitrogen and oxygen atoms in total. The van der Waals surface area contributed by atoms with Crippen molar-refractivity contribution in [2.24, 2.45) is 0 Å². The molecule has 0 radical (unpaired) electrons. The standard InChI is InChI=1S/C15H18N2OS/c1-2-17-8-7-16-15(17)9-13(18)12-10-19-14-6-4-3-5-11(12)14/h3-8,12-13,18H,2,9-10H2,1H3. The van der Waals surface area contributed by atoms with Crippen LogP contribution in [0.4, 0.5) is 0 Å². The fourth-order valence-electron chi connectivity index (χ4n) is 2.65. The summed E-state index contributed by atoms with van der Waals surface area (Å²) in [5, 5.41) is 10.5. The number of imidazole rings is 1. The van der Waals surface area contributed by atoms with Crippen LogP contribution >= 0.6 is 11.8 Å². The molecule has 1 aliphatic heterocycles. The molecule has 0 aliphatic carbocycles. The minimum atomic E-state index is -0.358. The first-order valence-electron chi connectivity index (χ1n) is 6.69. The lowest BCUT2D eigenvalue weighted by Gasteiger charge is -2.18. The molecule has 0 spiro atoms. The van der Waals surface area contributed by atoms with Crippen molar-refractivity contribution >= 4 is 11.8 Å². The molecule has 0 bridgehead atoms. The number of benzene rings is 1. The van der Waals surface area contributed by atoms with E-state index in [0.29, 0.717) is 6.42 Å². The number of aryl methyl sites for hydroxylation is 1. The van der Waals surface area contributed by atoms with Gasteiger partial charge in [0.15, 0.2) is 0 Å². The minimum absolute atomic E-state index is 0.225. The number of aliphatic hydroxyl groups excluding tert-OH is 1. The van der Waals surface area contributed by atoms with E-state index >= 15 is 0 Å². The lowest BCUT2D eigenvalue weighted by Crippen LogP contribution is -2.23. The van der Waals surface area contributed by atoms with Crippen LogP contribution in [0.15, 0.2) is 41.6 Å². The maximum atomic E-state index is 10.5. The minimum Gasteiger partial charge on any atom is -0.392 e. The molecule has 1 aromatic carbocycles. The summed E-state index contributed by atoms with van der Waals surface area (Å²) in [5.41, 5.74) is 1.29. The van der Waals surface area contributed by atoms with E-state index in [4.69, 9.17) is 0 Å². The maximum Gasteiger partial charge on any atom is 0.111 e. The fraction of sp³-hybridized carbons (Fsp3) is 0.400. The van der Waals surface area contributed by atoms with Gasteiger partial charge in [-0.15, -0.1) is 11.8 Å². The Morgan fingerprint density at radius 3 is 3.16 bits per heavy atom. The highest BCUT2D eigenvalue weighted by molar-refractivity contribution is 7.99. The summed E-state index contributed by atoms with van der Waals surface area (Å²) in [6.45, 7) is 3.00. The zero-order chi connectivity index (χ0) is 13.2. The highest BCUT2D eigenvalue weighted by atomic mass is 32.2. The van der Waals surface area contributed by atoms with Gasteiger partial charge in [-0.3, -0.25) is 0 Å². The Balaban J connectivity index is 1.77. The molecule has 100 valence electrons. The second-order valence-corrected chi connectivity index (χ2v) is 5.92. The highest BCUT2D eigenvalue weighted by Crippen LogP contribution is 2.41. The van der Waals surface area contributed by atoms with Crippen molar-refractivity contribution in [2.75, 3.05) is 5.75 Å². The third-order valence-corrected chi connectivity index (χ3v) is 4.94. The van der Waals surface area contributed by atoms with Crippen molar-refractivity contribution in [3.8, 4) is 0 Å². The third-order valence-electron chi connectivity index (χ3n) is 3.74. The summed E-state index contributed by atoms with van der Waals surface area (Å²) in [4.78, 5) is 5.66. The Bertz CT molecular complexity index is 567. The number of hydrogen-bond acceptors (Lipinski definition) is 3. The number of thioether (sulfide) groups is 1. The molecule has 0 saturated carbocycles. The highest BCUT2D eigenvalue weighted by Gasteiger charge is 2.29. The molecular formula is C15H18N2OS. The summed E-state index contributed by atoms with van der Waals surface area (Å²) < 4.78 is 2.09. The van der Waals surface area contributed by atoms with E-state index < -0.39 is 0 Å². The topological polar surface area (TPSA) is 38.0 Å². The van der Waals surface area contributed by atoms with Crippen molar-refractivity contribution < 1.29 is 5.11 Å². The molecule has 2 atom stereocenters. The maximum absolute atomic E-state index is 10.5. The third kappa shape index (κ3) is 2.42. The van der Waals surface area contributed by atoms with Crippen molar-refractivity contribution in [3.63, 3.8) is 0 Å². The van der Waals surface area contributed by atoms with Crippen LogP contribution in [-0.2, 0) is 13.0 Å². The van der Waals surface area contributed by atoms with Gasteiger partial charge in [-0.1, -0.05) is 18.2 Å². The first-order valence-corrected chi connectivity index (χ1v) is 7.68. The molecule has 2 aromatic rings. The molecule has 1 N–H and O–H groups in total. The van der Waals surface area contributed by atoms with Crippen LogP contribution in [0, 0.1) is 0 Å². The normalized spacial score (nSPS) is 19.4. The quantitative estimate of drug-likeness (QED) is 0.931. The first-order chi connectivity index (χ1) is 9.29. The molecule has 1 aliphatic rings. The van der Waals surface area contributed by atoms with Crippen LogP contribution in [0.25, 0.3) is 0 Å². The van der Waals surface area contributed by atoms with E-state index in [-0.39, 0.29) is 12.0 Å². The van der Waals surface area contributed by atoms with Gasteiger partial charge in [0.05, 0.1) is 6.10 Å². The fourth-order valence-corrected chi connectivity index (χ4v) is 3.97. The summed E-state index contributed by atoms with van der Waals surface area (Å²) in [7, 11) is 0. The van der Waals surface area contributed by atoms with Crippen LogP contribution in [0.1, 0.15) is 24.2 Å². The zero-order valence-corrected chi connectivity index (χ0v) is 11.8. The summed E-state index contributed by atoms with van der Waals surface area (Å²) in [6.07, 6.45) is 4.05. The van der Waals surface area contributed by atoms with Gasteiger partial charge in [0.25, 0.3) is 0 Å². The SMILES string of the molecule is CCn1ccnc1CC(O)C1CSc2ccccc21. The Morgan fingerprint density at radius 2 is 2.32 bits per heavy atom. The molecule has 3 rings (SSSR count). The van der Waals surface area contributed by atoms with Crippen molar-refractivity contribution in [3.05, 3.63) is 48.0 Å². The lowest BCUT2D eigenvalue weighted by molar-refractivity contribution is 0.148. The molecule has 19 heavy (non-hydrogen) atoms. The molecule has 4 heteroatoms. The van der Waals surface area contributed by atoms with Crippen LogP contribution in [0.2, 0.25) is 0 Å². The zero-order valence-electron chi connectivity index (χ0n) is 11.0. The monoisotopic (exact) mass is 274 g/mol. The van der Waals surface area contributed by atoms with Gasteiger partial charge in [-0.05, 0) is 18.6 Å². The van der Waals surface area contributed by atoms with E-state index in [1.807, 2.05) is 24.2 Å². The largest absolute Gasteiger partial charge is 0.392 e. The summed E-state index contributed by atoms with van der Waals surface area (Å²) in [6, 6.07) is 8.39. The predicted molar refractivity (Wildman–Crippen MR) is 77.5 cm³/mol. The van der Waals surface area contributed by atoms with E-state index in [1.165, 1.54) is 10.5 Å². The number of fused-ring (bicyclic) bond motifs is 1. The van der Waals surface area contributed by atoms with Crippen LogP contribution < -0.4 is 0 Å². The lowest BCUT2D eigenvalue weighted by atomic mass is 9.93. The molecule has 1 aromatic heterocycles. The van der Waals surface area contributed by atoms with E-state index in [1.54, 1.807) is 0 Å². The average Bonchev–Trinajstić information content (AvgIpc) is 3.04. The van der Waals surface area contributed by atoms with Crippen LogP contribution in [0.3, 0.4) is 0 Å². The smallest absolute Gasteiger partial charge is 0.111 e. The molecular weight excluding hydrogens is 256 g/mol. The second-order valence-electron chi connectivity index (χ2n) is 4.86. The molecule has 2 heterocycles. The van der Waals surface area contributed by atoms with Gasteiger partial charge >= 0.3 is 0 Å². The predicted octanol–water partition coefficient (Wildman–Crippen LogP) is 2.70. The van der Waals surface area contributed by atoms with Crippen molar-refractivity contribution in [2.45, 2.75) is 36.8 Å². The van der Waals surface area contributed by atoms with E-state index in [9.17, 15) is 5.11 Å². The van der Waals surface area contributed by atoms with E-state index in [2.05, 4.69) is 40.7 Å². The molecule has 0 fully saturated rings. The van der Waals surface area contributed by atoms with Gasteiger partial charge in [0.2, 0.25) is 0 Å². The Labute approximate surface area is 117 Å². The van der Waals surface area contributed by atoms with E-state index in [0.717, 1.165) is 18.1 Å². The van der Waals surface area contributed by atoms with Gasteiger partial charge in [0, 0.05) is 41.9 Å². The van der Waals surface area contributed by atoms with Gasteiger partial charge in [0.1, 0.15) is 5.82 Å². The Hall–Kier alpha value is -1.26. The van der Waals surface area contributed by atoms with Gasteiger partial charge in [-0.25, -0.2) is 4.98 Å². The van der Waals surface area contributed by atoms with Gasteiger partial charge < -0.3 is 9.67 Å². The number of aliphatic hydroxyl groups is 1. The van der Waals surface area contributed by atoms with Crippen molar-refractivity contribution in [1.29, 1.82) is 0 Å². The molecule has 0 amide bonds. The van der Waals surface area contributed by atoms with Crippen LogP contribution in [-0.4, -0.2) is 26.5 Å². The average molecular weight is 274 g/mol. The van der Waals surface area contributed by atoms with Crippen LogP contribution in [0.5, 0.6) is 0 Å². The number of hydrogen-bond donors (Lipinski definition) is 1. The molecule has 0 saturated heterocycles. The number of aromatic nitrogens is 2. The number of rotatable bonds is 4. The Morgan fingerprint density at radius 1 is 1.47 bits per heavy atom. The molecule has 2 unspecified atom stereocenters. The van der Waals surface area contributed by atoms with Crippen molar-refractivity contribution in [1.82, 2.24) is 9.55 Å². The summed E-state index contributed by atoms with van der Waals surface area (Å²) in [5.74, 6) is 2.17. The van der Waals surface area contributed by atoms with Gasteiger partial charge in [-0.2, -0.15) is 0 Å². The number of nitrogens with zero attached hydrogens (tertiary/aromatic N) is 2. The Kier molecular flexibility index (Phi) is 3.62.